The number of hydrogen-bond acceptors (Lipinski definition) is 2. The Balaban J connectivity index is 1.04. The molecule has 0 fully saturated rings. The van der Waals surface area contributed by atoms with E-state index in [1.54, 1.807) is 0 Å². The van der Waals surface area contributed by atoms with E-state index < -0.39 is 0 Å². The number of rotatable bonds is 5. The van der Waals surface area contributed by atoms with Gasteiger partial charge >= 0.3 is 0 Å². The maximum atomic E-state index is 6.32. The van der Waals surface area contributed by atoms with Crippen LogP contribution < -0.4 is 4.90 Å². The van der Waals surface area contributed by atoms with Gasteiger partial charge in [0.15, 0.2) is 0 Å². The van der Waals surface area contributed by atoms with Crippen molar-refractivity contribution < 1.29 is 4.42 Å². The largest absolute Gasteiger partial charge is 0.456 e. The van der Waals surface area contributed by atoms with Gasteiger partial charge in [-0.3, -0.25) is 0 Å². The molecule has 0 bridgehead atoms. The van der Waals surface area contributed by atoms with Crippen LogP contribution in [0.2, 0.25) is 0 Å². The van der Waals surface area contributed by atoms with Crippen molar-refractivity contribution >= 4 is 60.5 Å². The summed E-state index contributed by atoms with van der Waals surface area (Å²) in [6.07, 6.45) is 0. The minimum absolute atomic E-state index is 0.0558. The number of benzene rings is 9. The maximum Gasteiger partial charge on any atom is 0.136 e. The summed E-state index contributed by atoms with van der Waals surface area (Å²) in [5, 5.41) is 7.18. The van der Waals surface area contributed by atoms with E-state index in [1.165, 1.54) is 54.9 Å². The minimum Gasteiger partial charge on any atom is -0.456 e. The zero-order valence-corrected chi connectivity index (χ0v) is 30.8. The molecule has 0 amide bonds. The summed E-state index contributed by atoms with van der Waals surface area (Å²) in [5.41, 5.74) is 15.2. The first kappa shape index (κ1) is 31.6. The summed E-state index contributed by atoms with van der Waals surface area (Å²) in [7, 11) is 0. The predicted octanol–water partition coefficient (Wildman–Crippen LogP) is 15.0. The summed E-state index contributed by atoms with van der Waals surface area (Å²) in [6, 6.07) is 68.6. The minimum atomic E-state index is -0.0558. The Morgan fingerprint density at radius 3 is 1.87 bits per heavy atom. The fraction of sp³-hybridized carbons (Fsp3) is 0.0566. The molecule has 2 heteroatoms. The quantitative estimate of drug-likeness (QED) is 0.177. The van der Waals surface area contributed by atoms with Gasteiger partial charge in [0.05, 0.1) is 0 Å². The molecule has 10 aromatic rings. The van der Waals surface area contributed by atoms with Crippen LogP contribution in [0.1, 0.15) is 25.0 Å². The van der Waals surface area contributed by atoms with Gasteiger partial charge in [-0.2, -0.15) is 0 Å². The standard InChI is InChI=1S/C53H37NO/c1-53(2)49-20-8-7-18-45(49)46-33-42(26-27-50(46)53)54(41-16-9-15-39(29-41)44-19-10-14-35-11-5-6-17-43(35)44)40-24-21-34(22-25-40)38-23-28-51-47(31-38)48-30-36-12-3-4-13-37(36)32-52(48)55-51/h3-33H,1-2H3. The lowest BCUT2D eigenvalue weighted by atomic mass is 9.82. The summed E-state index contributed by atoms with van der Waals surface area (Å²) in [5.74, 6) is 0. The van der Waals surface area contributed by atoms with Crippen LogP contribution in [0.15, 0.2) is 192 Å². The van der Waals surface area contributed by atoms with Crippen LogP contribution in [-0.2, 0) is 5.41 Å². The van der Waals surface area contributed by atoms with Gasteiger partial charge < -0.3 is 9.32 Å². The highest BCUT2D eigenvalue weighted by Gasteiger charge is 2.35. The Bertz CT molecular complexity index is 3120. The van der Waals surface area contributed by atoms with E-state index in [1.807, 2.05) is 0 Å². The average molecular weight is 704 g/mol. The number of fused-ring (bicyclic) bond motifs is 8. The summed E-state index contributed by atoms with van der Waals surface area (Å²) in [6.45, 7) is 4.68. The van der Waals surface area contributed by atoms with Crippen molar-refractivity contribution in [1.82, 2.24) is 0 Å². The lowest BCUT2D eigenvalue weighted by Gasteiger charge is -2.28. The van der Waals surface area contributed by atoms with E-state index in [4.69, 9.17) is 4.42 Å². The molecule has 0 atom stereocenters. The molecule has 0 aliphatic heterocycles. The van der Waals surface area contributed by atoms with E-state index >= 15 is 0 Å². The van der Waals surface area contributed by atoms with E-state index in [0.29, 0.717) is 0 Å². The Kier molecular flexibility index (Phi) is 6.93. The first-order valence-corrected chi connectivity index (χ1v) is 19.1. The molecule has 9 aromatic carbocycles. The van der Waals surface area contributed by atoms with Crippen LogP contribution >= 0.6 is 0 Å². The first-order valence-electron chi connectivity index (χ1n) is 19.1. The highest BCUT2D eigenvalue weighted by atomic mass is 16.3. The lowest BCUT2D eigenvalue weighted by molar-refractivity contribution is 0.660. The average Bonchev–Trinajstić information content (AvgIpc) is 3.70. The van der Waals surface area contributed by atoms with E-state index in [9.17, 15) is 0 Å². The molecular formula is C53H37NO. The summed E-state index contributed by atoms with van der Waals surface area (Å²) in [4.78, 5) is 2.41. The Hall–Kier alpha value is -6.90. The lowest BCUT2D eigenvalue weighted by Crippen LogP contribution is -2.15. The second-order valence-corrected chi connectivity index (χ2v) is 15.4. The summed E-state index contributed by atoms with van der Waals surface area (Å²) >= 11 is 0. The molecule has 0 saturated heterocycles. The van der Waals surface area contributed by atoms with Crippen molar-refractivity contribution in [3.63, 3.8) is 0 Å². The molecule has 1 aliphatic rings. The van der Waals surface area contributed by atoms with E-state index in [0.717, 1.165) is 50.1 Å². The third-order valence-electron chi connectivity index (χ3n) is 11.8. The van der Waals surface area contributed by atoms with Crippen molar-refractivity contribution in [3.05, 3.63) is 199 Å². The van der Waals surface area contributed by atoms with Crippen LogP contribution in [0.25, 0.3) is 76.9 Å². The molecule has 1 aliphatic carbocycles. The molecular weight excluding hydrogens is 667 g/mol. The number of nitrogens with zero attached hydrogens (tertiary/aromatic N) is 1. The molecule has 0 radical (unpaired) electrons. The first-order chi connectivity index (χ1) is 27.0. The van der Waals surface area contributed by atoms with Crippen LogP contribution in [0.3, 0.4) is 0 Å². The molecule has 1 aromatic heterocycles. The third kappa shape index (κ3) is 5.02. The molecule has 0 unspecified atom stereocenters. The summed E-state index contributed by atoms with van der Waals surface area (Å²) < 4.78 is 6.32. The van der Waals surface area contributed by atoms with Crippen molar-refractivity contribution in [1.29, 1.82) is 0 Å². The van der Waals surface area contributed by atoms with Gasteiger partial charge in [0.25, 0.3) is 0 Å². The SMILES string of the molecule is CC1(C)c2ccccc2-c2cc(N(c3ccc(-c4ccc5oc6cc7ccccc7cc6c5c4)cc3)c3cccc(-c4cccc5ccccc45)c3)ccc21. The zero-order valence-electron chi connectivity index (χ0n) is 30.8. The molecule has 11 rings (SSSR count). The molecule has 1 heterocycles. The molecule has 0 spiro atoms. The molecule has 2 nitrogen and oxygen atoms in total. The van der Waals surface area contributed by atoms with E-state index in [2.05, 4.69) is 207 Å². The van der Waals surface area contributed by atoms with Gasteiger partial charge in [-0.15, -0.1) is 0 Å². The maximum absolute atomic E-state index is 6.32. The molecule has 0 saturated carbocycles. The predicted molar refractivity (Wildman–Crippen MR) is 232 cm³/mol. The second kappa shape index (κ2) is 12.1. The van der Waals surface area contributed by atoms with Gasteiger partial charge in [0, 0.05) is 33.2 Å². The van der Waals surface area contributed by atoms with Gasteiger partial charge in [-0.1, -0.05) is 141 Å². The fourth-order valence-electron chi connectivity index (χ4n) is 9.03. The smallest absolute Gasteiger partial charge is 0.136 e. The second-order valence-electron chi connectivity index (χ2n) is 15.4. The number of furan rings is 1. The monoisotopic (exact) mass is 703 g/mol. The zero-order chi connectivity index (χ0) is 36.7. The highest BCUT2D eigenvalue weighted by Crippen LogP contribution is 2.51. The van der Waals surface area contributed by atoms with Gasteiger partial charge in [-0.25, -0.2) is 0 Å². The Morgan fingerprint density at radius 2 is 1.00 bits per heavy atom. The van der Waals surface area contributed by atoms with Crippen molar-refractivity contribution in [3.8, 4) is 33.4 Å². The van der Waals surface area contributed by atoms with Crippen LogP contribution in [-0.4, -0.2) is 0 Å². The van der Waals surface area contributed by atoms with Gasteiger partial charge in [0.2, 0.25) is 0 Å². The third-order valence-corrected chi connectivity index (χ3v) is 11.8. The number of hydrogen-bond donors (Lipinski definition) is 0. The molecule has 260 valence electrons. The Labute approximate surface area is 320 Å². The van der Waals surface area contributed by atoms with Crippen LogP contribution in [0.4, 0.5) is 17.1 Å². The van der Waals surface area contributed by atoms with Crippen molar-refractivity contribution in [2.24, 2.45) is 0 Å². The highest BCUT2D eigenvalue weighted by molar-refractivity contribution is 6.11. The van der Waals surface area contributed by atoms with E-state index in [-0.39, 0.29) is 5.41 Å². The topological polar surface area (TPSA) is 16.4 Å². The molecule has 0 N–H and O–H groups in total. The fourth-order valence-corrected chi connectivity index (χ4v) is 9.03. The normalized spacial score (nSPS) is 13.1. The van der Waals surface area contributed by atoms with Crippen molar-refractivity contribution in [2.45, 2.75) is 19.3 Å². The van der Waals surface area contributed by atoms with Crippen molar-refractivity contribution in [2.75, 3.05) is 4.90 Å². The number of anilines is 3. The van der Waals surface area contributed by atoms with Gasteiger partial charge in [-0.05, 0) is 127 Å². The van der Waals surface area contributed by atoms with Gasteiger partial charge in [0.1, 0.15) is 11.2 Å². The molecule has 55 heavy (non-hydrogen) atoms. The van der Waals surface area contributed by atoms with Crippen LogP contribution in [0.5, 0.6) is 0 Å². The van der Waals surface area contributed by atoms with Crippen LogP contribution in [0, 0.1) is 0 Å². The Morgan fingerprint density at radius 1 is 0.364 bits per heavy atom.